The number of carbonyl (C=O) groups is 3. The number of nitrogens with one attached hydrogen (secondary N) is 2. The van der Waals surface area contributed by atoms with Crippen LogP contribution in [0.15, 0.2) is 23.0 Å². The van der Waals surface area contributed by atoms with E-state index in [-0.39, 0.29) is 30.3 Å². The zero-order chi connectivity index (χ0) is 22.7. The summed E-state index contributed by atoms with van der Waals surface area (Å²) >= 11 is 1.21. The van der Waals surface area contributed by atoms with Crippen LogP contribution in [0.25, 0.3) is 5.57 Å². The Morgan fingerprint density at radius 1 is 1.32 bits per heavy atom. The number of nitrogens with two attached hydrogens (primary N) is 1. The van der Waals surface area contributed by atoms with E-state index in [2.05, 4.69) is 15.3 Å². The molecule has 0 bridgehead atoms. The van der Waals surface area contributed by atoms with Crippen LogP contribution in [-0.2, 0) is 16.0 Å². The fourth-order valence-electron chi connectivity index (χ4n) is 3.45. The molecule has 0 spiro atoms. The van der Waals surface area contributed by atoms with Crippen LogP contribution in [0.5, 0.6) is 0 Å². The van der Waals surface area contributed by atoms with E-state index < -0.39 is 23.9 Å². The molecule has 1 aliphatic rings. The summed E-state index contributed by atoms with van der Waals surface area (Å²) in [6, 6.07) is 2.09. The van der Waals surface area contributed by atoms with Gasteiger partial charge in [0.1, 0.15) is 6.04 Å². The fraction of sp³-hybridized carbons (Fsp3) is 0.350. The van der Waals surface area contributed by atoms with Gasteiger partial charge in [0, 0.05) is 17.2 Å². The minimum Gasteiger partial charge on any atom is -0.481 e. The highest BCUT2D eigenvalue weighted by Gasteiger charge is 2.24. The maximum Gasteiger partial charge on any atom is 0.326 e. The van der Waals surface area contributed by atoms with Crippen LogP contribution in [0.4, 0.5) is 5.95 Å². The first-order valence-corrected chi connectivity index (χ1v) is 10.4. The zero-order valence-corrected chi connectivity index (χ0v) is 17.5. The average Bonchev–Trinajstić information content (AvgIpc) is 3.32. The molecule has 31 heavy (non-hydrogen) atoms. The Labute approximate surface area is 180 Å². The number of aryl methyl sites for hydroxylation is 1. The predicted octanol–water partition coefficient (Wildman–Crippen LogP) is 1.59. The van der Waals surface area contributed by atoms with Crippen molar-refractivity contribution in [2.45, 2.75) is 44.6 Å². The number of thiophene rings is 1. The lowest BCUT2D eigenvalue weighted by Crippen LogP contribution is -2.40. The SMILES string of the molecule is CC(C=C1CCc2nc(N)[nH]c(=O)c21)c1ccc(C(=O)N[C@@H](CCC(=O)O)C(=O)O)s1. The third kappa shape index (κ3) is 5.18. The number of hydrogen-bond acceptors (Lipinski definition) is 7. The first-order valence-electron chi connectivity index (χ1n) is 9.60. The van der Waals surface area contributed by atoms with E-state index >= 15 is 0 Å². The third-order valence-electron chi connectivity index (χ3n) is 4.97. The van der Waals surface area contributed by atoms with Gasteiger partial charge in [-0.2, -0.15) is 0 Å². The van der Waals surface area contributed by atoms with Crippen molar-refractivity contribution < 1.29 is 24.6 Å². The summed E-state index contributed by atoms with van der Waals surface area (Å²) in [5.74, 6) is -2.99. The van der Waals surface area contributed by atoms with Crippen LogP contribution in [0.3, 0.4) is 0 Å². The number of hydrogen-bond donors (Lipinski definition) is 5. The molecule has 0 aliphatic heterocycles. The molecule has 2 atom stereocenters. The van der Waals surface area contributed by atoms with Crippen LogP contribution in [0, 0.1) is 0 Å². The summed E-state index contributed by atoms with van der Waals surface area (Å²) in [5, 5.41) is 20.3. The van der Waals surface area contributed by atoms with Crippen molar-refractivity contribution in [3.8, 4) is 0 Å². The molecule has 164 valence electrons. The van der Waals surface area contributed by atoms with Crippen LogP contribution in [-0.4, -0.2) is 44.1 Å². The lowest BCUT2D eigenvalue weighted by molar-refractivity contribution is -0.140. The molecule has 0 radical (unpaired) electrons. The second-order valence-corrected chi connectivity index (χ2v) is 8.37. The van der Waals surface area contributed by atoms with E-state index in [1.54, 1.807) is 12.1 Å². The number of fused-ring (bicyclic) bond motifs is 1. The molecule has 1 unspecified atom stereocenters. The molecule has 2 aromatic rings. The van der Waals surface area contributed by atoms with Crippen LogP contribution in [0.1, 0.15) is 57.9 Å². The van der Waals surface area contributed by atoms with Gasteiger partial charge in [-0.05, 0) is 37.0 Å². The first kappa shape index (κ1) is 22.2. The maximum atomic E-state index is 12.4. The quantitative estimate of drug-likeness (QED) is 0.406. The summed E-state index contributed by atoms with van der Waals surface area (Å²) in [4.78, 5) is 54.5. The predicted molar refractivity (Wildman–Crippen MR) is 114 cm³/mol. The Kier molecular flexibility index (Phi) is 6.54. The number of aromatic amines is 1. The molecule has 2 aromatic heterocycles. The monoisotopic (exact) mass is 446 g/mol. The van der Waals surface area contributed by atoms with Gasteiger partial charge in [-0.15, -0.1) is 11.3 Å². The van der Waals surface area contributed by atoms with Gasteiger partial charge in [-0.3, -0.25) is 19.4 Å². The summed E-state index contributed by atoms with van der Waals surface area (Å²) in [5.41, 5.74) is 7.41. The lowest BCUT2D eigenvalue weighted by Gasteiger charge is -2.12. The molecule has 6 N–H and O–H groups in total. The number of rotatable bonds is 8. The van der Waals surface area contributed by atoms with Gasteiger partial charge in [0.25, 0.3) is 11.5 Å². The van der Waals surface area contributed by atoms with E-state index in [4.69, 9.17) is 10.8 Å². The molecule has 2 heterocycles. The van der Waals surface area contributed by atoms with Crippen molar-refractivity contribution in [1.82, 2.24) is 15.3 Å². The molecule has 11 heteroatoms. The van der Waals surface area contributed by atoms with Gasteiger partial charge in [0.15, 0.2) is 0 Å². The van der Waals surface area contributed by atoms with Gasteiger partial charge >= 0.3 is 11.9 Å². The van der Waals surface area contributed by atoms with Crippen LogP contribution in [0.2, 0.25) is 0 Å². The van der Waals surface area contributed by atoms with Gasteiger partial charge in [0.05, 0.1) is 16.1 Å². The van der Waals surface area contributed by atoms with Crippen molar-refractivity contribution in [3.63, 3.8) is 0 Å². The molecule has 0 aromatic carbocycles. The molecule has 0 saturated carbocycles. The van der Waals surface area contributed by atoms with E-state index in [1.807, 2.05) is 13.0 Å². The summed E-state index contributed by atoms with van der Waals surface area (Å²) in [6.07, 6.45) is 2.69. The largest absolute Gasteiger partial charge is 0.481 e. The van der Waals surface area contributed by atoms with Gasteiger partial charge in [-0.1, -0.05) is 13.0 Å². The molecule has 3 rings (SSSR count). The highest BCUT2D eigenvalue weighted by molar-refractivity contribution is 7.14. The zero-order valence-electron chi connectivity index (χ0n) is 16.7. The van der Waals surface area contributed by atoms with Crippen molar-refractivity contribution in [1.29, 1.82) is 0 Å². The van der Waals surface area contributed by atoms with Crippen LogP contribution < -0.4 is 16.6 Å². The average molecular weight is 446 g/mol. The number of carboxylic acid groups (broad SMARTS) is 2. The number of aliphatic carboxylic acids is 2. The molecule has 1 amide bonds. The molecule has 0 saturated heterocycles. The van der Waals surface area contributed by atoms with Crippen LogP contribution >= 0.6 is 11.3 Å². The Morgan fingerprint density at radius 2 is 2.06 bits per heavy atom. The standard InChI is InChI=1S/C20H22N4O6S/c1-9(8-10-2-3-11-16(10)18(28)24-20(21)23-11)13-5-6-14(31-13)17(27)22-12(19(29)30)4-7-15(25)26/h5-6,8-9,12H,2-4,7H2,1H3,(H,22,27)(H,25,26)(H,29,30)(H3,21,23,24,28)/t9?,12-/m0/s1. The fourth-order valence-corrected chi connectivity index (χ4v) is 4.39. The normalized spacial score (nSPS) is 16.0. The summed E-state index contributed by atoms with van der Waals surface area (Å²) in [7, 11) is 0. The van der Waals surface area contributed by atoms with Crippen molar-refractivity contribution in [3.05, 3.63) is 49.6 Å². The number of carbonyl (C=O) groups excluding carboxylic acids is 1. The summed E-state index contributed by atoms with van der Waals surface area (Å²) in [6.45, 7) is 1.93. The highest BCUT2D eigenvalue weighted by atomic mass is 32.1. The number of nitrogens with zero attached hydrogens (tertiary/aromatic N) is 1. The number of allylic oxidation sites excluding steroid dienone is 2. The van der Waals surface area contributed by atoms with E-state index in [9.17, 15) is 24.3 Å². The maximum absolute atomic E-state index is 12.4. The highest BCUT2D eigenvalue weighted by Crippen LogP contribution is 2.33. The minimum atomic E-state index is -1.29. The Bertz CT molecular complexity index is 1120. The molecular formula is C20H22N4O6S. The number of amides is 1. The number of H-pyrrole nitrogens is 1. The van der Waals surface area contributed by atoms with E-state index in [0.29, 0.717) is 29.0 Å². The molecule has 0 fully saturated rings. The topological polar surface area (TPSA) is 175 Å². The van der Waals surface area contributed by atoms with Gasteiger partial charge in [-0.25, -0.2) is 9.78 Å². The first-order chi connectivity index (χ1) is 14.7. The third-order valence-corrected chi connectivity index (χ3v) is 6.25. The Hall–Kier alpha value is -3.47. The number of aromatic nitrogens is 2. The lowest BCUT2D eigenvalue weighted by atomic mass is 10.0. The Balaban J connectivity index is 1.73. The van der Waals surface area contributed by atoms with Gasteiger partial charge in [0.2, 0.25) is 5.95 Å². The number of anilines is 1. The second kappa shape index (κ2) is 9.13. The molecule has 10 nitrogen and oxygen atoms in total. The number of nitrogen functional groups attached to an aromatic ring is 1. The molecule has 1 aliphatic carbocycles. The van der Waals surface area contributed by atoms with Crippen molar-refractivity contribution in [2.75, 3.05) is 5.73 Å². The smallest absolute Gasteiger partial charge is 0.326 e. The van der Waals surface area contributed by atoms with Gasteiger partial charge < -0.3 is 21.3 Å². The van der Waals surface area contributed by atoms with Crippen molar-refractivity contribution >= 4 is 40.7 Å². The summed E-state index contributed by atoms with van der Waals surface area (Å²) < 4.78 is 0. The minimum absolute atomic E-state index is 0.0910. The van der Waals surface area contributed by atoms with E-state index in [0.717, 1.165) is 10.5 Å². The van der Waals surface area contributed by atoms with E-state index in [1.165, 1.54) is 11.3 Å². The van der Waals surface area contributed by atoms with Crippen molar-refractivity contribution in [2.24, 2.45) is 0 Å². The Morgan fingerprint density at radius 3 is 2.74 bits per heavy atom. The second-order valence-electron chi connectivity index (χ2n) is 7.25. The molecular weight excluding hydrogens is 424 g/mol. The number of carboxylic acids is 2.